The molecule has 0 spiro atoms. The van der Waals surface area contributed by atoms with Crippen molar-refractivity contribution in [3.8, 4) is 5.75 Å². The number of rotatable bonds is 6. The van der Waals surface area contributed by atoms with Crippen LogP contribution in [0, 0.1) is 0 Å². The van der Waals surface area contributed by atoms with Gasteiger partial charge in [-0.2, -0.15) is 0 Å². The van der Waals surface area contributed by atoms with Crippen molar-refractivity contribution in [2.75, 3.05) is 6.61 Å². The fourth-order valence-corrected chi connectivity index (χ4v) is 5.45. The van der Waals surface area contributed by atoms with Crippen molar-refractivity contribution in [2.24, 2.45) is 4.99 Å². The van der Waals surface area contributed by atoms with Gasteiger partial charge in [-0.3, -0.25) is 9.36 Å². The first-order valence-corrected chi connectivity index (χ1v) is 13.4. The Labute approximate surface area is 232 Å². The molecule has 1 atom stereocenters. The molecule has 7 nitrogen and oxygen atoms in total. The van der Waals surface area contributed by atoms with Crippen molar-refractivity contribution in [1.29, 1.82) is 0 Å². The second kappa shape index (κ2) is 11.2. The summed E-state index contributed by atoms with van der Waals surface area (Å²) in [5.74, 6) is -0.626. The highest BCUT2D eigenvalue weighted by Gasteiger charge is 2.33. The number of hydrogen-bond donors (Lipinski definition) is 0. The second-order valence-electron chi connectivity index (χ2n) is 8.68. The summed E-state index contributed by atoms with van der Waals surface area (Å²) in [7, 11) is 0. The largest absolute Gasteiger partial charge is 0.463 e. The van der Waals surface area contributed by atoms with Crippen LogP contribution in [0.1, 0.15) is 41.4 Å². The zero-order valence-electron chi connectivity index (χ0n) is 21.1. The van der Waals surface area contributed by atoms with Crippen LogP contribution in [0.3, 0.4) is 0 Å². The number of thiazole rings is 1. The van der Waals surface area contributed by atoms with E-state index in [4.69, 9.17) is 21.1 Å². The molecule has 2 heterocycles. The minimum atomic E-state index is -0.654. The summed E-state index contributed by atoms with van der Waals surface area (Å²) in [6, 6.07) is 22.0. The van der Waals surface area contributed by atoms with E-state index >= 15 is 0 Å². The van der Waals surface area contributed by atoms with E-state index in [1.807, 2.05) is 30.3 Å². The summed E-state index contributed by atoms with van der Waals surface area (Å²) in [6.45, 7) is 3.71. The van der Waals surface area contributed by atoms with Crippen LogP contribution in [0.5, 0.6) is 5.75 Å². The molecule has 0 aliphatic carbocycles. The Hall–Kier alpha value is -4.27. The summed E-state index contributed by atoms with van der Waals surface area (Å²) >= 11 is 7.12. The van der Waals surface area contributed by atoms with Crippen LogP contribution < -0.4 is 19.6 Å². The lowest BCUT2D eigenvalue weighted by atomic mass is 9.96. The van der Waals surface area contributed by atoms with E-state index in [0.717, 1.165) is 11.1 Å². The van der Waals surface area contributed by atoms with E-state index in [0.29, 0.717) is 36.9 Å². The predicted molar refractivity (Wildman–Crippen MR) is 150 cm³/mol. The third-order valence-corrected chi connectivity index (χ3v) is 7.34. The second-order valence-corrected chi connectivity index (χ2v) is 10.1. The third kappa shape index (κ3) is 5.48. The van der Waals surface area contributed by atoms with Crippen LogP contribution in [0.15, 0.2) is 99.9 Å². The molecule has 0 radical (unpaired) electrons. The van der Waals surface area contributed by atoms with E-state index in [2.05, 4.69) is 4.99 Å². The lowest BCUT2D eigenvalue weighted by molar-refractivity contribution is -0.139. The van der Waals surface area contributed by atoms with Gasteiger partial charge in [-0.05, 0) is 67.4 Å². The number of ether oxygens (including phenoxy) is 2. The fraction of sp³-hybridized carbons (Fsp3) is 0.133. The molecule has 0 saturated carbocycles. The predicted octanol–water partition coefficient (Wildman–Crippen LogP) is 4.67. The van der Waals surface area contributed by atoms with Gasteiger partial charge in [0.25, 0.3) is 5.56 Å². The Morgan fingerprint density at radius 2 is 1.69 bits per heavy atom. The maximum atomic E-state index is 13.7. The molecule has 1 aromatic heterocycles. The lowest BCUT2D eigenvalue weighted by Gasteiger charge is -2.24. The first-order chi connectivity index (χ1) is 18.9. The molecule has 3 aromatic carbocycles. The van der Waals surface area contributed by atoms with E-state index in [-0.39, 0.29) is 12.2 Å². The smallest absolute Gasteiger partial charge is 0.343 e. The highest BCUT2D eigenvalue weighted by Crippen LogP contribution is 2.30. The van der Waals surface area contributed by atoms with Crippen molar-refractivity contribution >= 4 is 41.0 Å². The van der Waals surface area contributed by atoms with Crippen molar-refractivity contribution < 1.29 is 19.1 Å². The van der Waals surface area contributed by atoms with Gasteiger partial charge in [0.15, 0.2) is 4.80 Å². The van der Waals surface area contributed by atoms with E-state index in [9.17, 15) is 14.4 Å². The molecule has 0 amide bonds. The molecule has 1 aliphatic rings. The summed E-state index contributed by atoms with van der Waals surface area (Å²) in [5, 5.41) is 0.531. The highest BCUT2D eigenvalue weighted by molar-refractivity contribution is 7.07. The molecule has 0 saturated heterocycles. The van der Waals surface area contributed by atoms with Gasteiger partial charge in [-0.1, -0.05) is 65.4 Å². The topological polar surface area (TPSA) is 87.0 Å². The van der Waals surface area contributed by atoms with Crippen molar-refractivity contribution in [2.45, 2.75) is 19.9 Å². The van der Waals surface area contributed by atoms with Crippen molar-refractivity contribution in [3.63, 3.8) is 0 Å². The van der Waals surface area contributed by atoms with Crippen LogP contribution in [0.4, 0.5) is 0 Å². The third-order valence-electron chi connectivity index (χ3n) is 6.10. The van der Waals surface area contributed by atoms with E-state index < -0.39 is 18.0 Å². The molecular weight excluding hydrogens is 536 g/mol. The number of benzene rings is 3. The minimum Gasteiger partial charge on any atom is -0.463 e. The Balaban J connectivity index is 1.49. The van der Waals surface area contributed by atoms with Crippen molar-refractivity contribution in [3.05, 3.63) is 132 Å². The van der Waals surface area contributed by atoms with E-state index in [1.54, 1.807) is 73.0 Å². The Morgan fingerprint density at radius 1 is 1.00 bits per heavy atom. The number of allylic oxidation sites excluding steroid dienone is 1. The first kappa shape index (κ1) is 26.3. The number of nitrogens with zero attached hydrogens (tertiary/aromatic N) is 2. The molecule has 196 valence electrons. The van der Waals surface area contributed by atoms with Gasteiger partial charge in [0.05, 0.1) is 34.0 Å². The average molecular weight is 559 g/mol. The average Bonchev–Trinajstić information content (AvgIpc) is 3.23. The quantitative estimate of drug-likeness (QED) is 0.253. The molecule has 0 unspecified atom stereocenters. The molecule has 0 bridgehead atoms. The molecule has 4 aromatic rings. The van der Waals surface area contributed by atoms with Gasteiger partial charge in [0, 0.05) is 5.02 Å². The monoisotopic (exact) mass is 558 g/mol. The normalized spacial score (nSPS) is 14.9. The molecule has 39 heavy (non-hydrogen) atoms. The Bertz CT molecular complexity index is 1760. The molecule has 1 aliphatic heterocycles. The number of aromatic nitrogens is 1. The van der Waals surface area contributed by atoms with Crippen LogP contribution in [-0.4, -0.2) is 23.1 Å². The van der Waals surface area contributed by atoms with Crippen molar-refractivity contribution in [1.82, 2.24) is 4.57 Å². The van der Waals surface area contributed by atoms with Gasteiger partial charge in [-0.15, -0.1) is 0 Å². The number of carbonyl (C=O) groups excluding carboxylic acids is 2. The van der Waals surface area contributed by atoms with Crippen LogP contribution in [0.2, 0.25) is 5.02 Å². The van der Waals surface area contributed by atoms with Gasteiger partial charge >= 0.3 is 11.9 Å². The maximum Gasteiger partial charge on any atom is 0.343 e. The van der Waals surface area contributed by atoms with Gasteiger partial charge < -0.3 is 9.47 Å². The Kier molecular flexibility index (Phi) is 7.58. The molecule has 5 rings (SSSR count). The number of carbonyl (C=O) groups is 2. The lowest BCUT2D eigenvalue weighted by Crippen LogP contribution is -2.39. The van der Waals surface area contributed by atoms with Crippen LogP contribution in [0.25, 0.3) is 6.08 Å². The Morgan fingerprint density at radius 3 is 2.36 bits per heavy atom. The summed E-state index contributed by atoms with van der Waals surface area (Å²) in [4.78, 5) is 44.0. The molecular formula is C30H23ClN2O5S. The zero-order chi connectivity index (χ0) is 27.5. The first-order valence-electron chi connectivity index (χ1n) is 12.2. The summed E-state index contributed by atoms with van der Waals surface area (Å²) < 4.78 is 12.8. The summed E-state index contributed by atoms with van der Waals surface area (Å²) in [5.41, 5.74) is 2.50. The van der Waals surface area contributed by atoms with Crippen LogP contribution >= 0.6 is 22.9 Å². The molecule has 0 fully saturated rings. The zero-order valence-corrected chi connectivity index (χ0v) is 22.7. The minimum absolute atomic E-state index is 0.215. The summed E-state index contributed by atoms with van der Waals surface area (Å²) in [6.07, 6.45) is 1.75. The van der Waals surface area contributed by atoms with Gasteiger partial charge in [0.1, 0.15) is 5.75 Å². The number of halogens is 1. The molecule has 9 heteroatoms. The maximum absolute atomic E-state index is 13.7. The SMILES string of the molecule is CCOC(=O)C1=C(C)N=c2s/c(=C\c3ccc(OC(=O)c4ccc(Cl)cc4)cc3)c(=O)n2[C@H]1c1ccccc1. The fourth-order valence-electron chi connectivity index (χ4n) is 4.28. The van der Waals surface area contributed by atoms with Crippen LogP contribution in [-0.2, 0) is 9.53 Å². The van der Waals surface area contributed by atoms with E-state index in [1.165, 1.54) is 11.3 Å². The highest BCUT2D eigenvalue weighted by atomic mass is 35.5. The number of hydrogen-bond acceptors (Lipinski definition) is 7. The number of esters is 2. The van der Waals surface area contributed by atoms with Gasteiger partial charge in [-0.25, -0.2) is 14.6 Å². The molecule has 0 N–H and O–H groups in total. The van der Waals surface area contributed by atoms with Gasteiger partial charge in [0.2, 0.25) is 0 Å². The standard InChI is InChI=1S/C30H23ClN2O5S/c1-3-37-29(36)25-18(2)32-30-33(26(25)20-7-5-4-6-8-20)27(34)24(39-30)17-19-9-15-23(16-10-19)38-28(35)21-11-13-22(31)14-12-21/h4-17,26H,3H2,1-2H3/b24-17-/t26-/m0/s1. The number of fused-ring (bicyclic) bond motifs is 1.